The fraction of sp³-hybridized carbons (Fsp3) is 0.143. The summed E-state index contributed by atoms with van der Waals surface area (Å²) < 4.78 is 0. The molecule has 0 amide bonds. The Morgan fingerprint density at radius 3 is 2.21 bits per heavy atom. The Balaban J connectivity index is 3.43. The van der Waals surface area contributed by atoms with E-state index < -0.39 is 7.12 Å². The number of rotatable bonds is 2. The molecule has 14 heavy (non-hydrogen) atoms. The van der Waals surface area contributed by atoms with E-state index in [0.717, 1.165) is 0 Å². The Bertz CT molecular complexity index is 359. The van der Waals surface area contributed by atoms with Crippen LogP contribution in [0.4, 0.5) is 0 Å². The fourth-order valence-corrected chi connectivity index (χ4v) is 2.49. The highest BCUT2D eigenvalue weighted by atomic mass is 79.9. The molecule has 1 rings (SSSR count). The summed E-state index contributed by atoms with van der Waals surface area (Å²) in [5.74, 6) is 0. The summed E-state index contributed by atoms with van der Waals surface area (Å²) in [7, 11) is -1.62. The van der Waals surface area contributed by atoms with Gasteiger partial charge in [0.2, 0.25) is 0 Å². The van der Waals surface area contributed by atoms with Crippen LogP contribution in [0.3, 0.4) is 0 Å². The maximum atomic E-state index is 9.05. The van der Waals surface area contributed by atoms with Gasteiger partial charge in [-0.05, 0) is 17.1 Å². The zero-order valence-corrected chi connectivity index (χ0v) is 10.6. The van der Waals surface area contributed by atoms with Crippen LogP contribution < -0.4 is 5.46 Å². The molecule has 0 aliphatic carbocycles. The van der Waals surface area contributed by atoms with E-state index in [1.165, 1.54) is 6.07 Å². The molecule has 0 aliphatic rings. The maximum absolute atomic E-state index is 9.05. The van der Waals surface area contributed by atoms with Crippen molar-refractivity contribution >= 4 is 63.3 Å². The van der Waals surface area contributed by atoms with Gasteiger partial charge >= 0.3 is 7.12 Å². The van der Waals surface area contributed by atoms with Crippen molar-refractivity contribution in [2.24, 2.45) is 0 Å². The van der Waals surface area contributed by atoms with E-state index in [1.54, 1.807) is 0 Å². The Labute approximate surface area is 105 Å². The van der Waals surface area contributed by atoms with E-state index in [9.17, 15) is 0 Å². The molecule has 0 spiro atoms. The first-order valence-electron chi connectivity index (χ1n) is 3.57. The first-order chi connectivity index (χ1) is 6.49. The van der Waals surface area contributed by atoms with Crippen molar-refractivity contribution < 1.29 is 10.0 Å². The van der Waals surface area contributed by atoms with Crippen LogP contribution in [0.2, 0.25) is 15.1 Å². The first-order valence-corrected chi connectivity index (χ1v) is 5.83. The minimum atomic E-state index is -1.62. The minimum Gasteiger partial charge on any atom is -0.423 e. The lowest BCUT2D eigenvalue weighted by atomic mass is 9.77. The van der Waals surface area contributed by atoms with Gasteiger partial charge in [-0.15, -0.1) is 0 Å². The molecule has 0 saturated heterocycles. The van der Waals surface area contributed by atoms with Crippen LogP contribution >= 0.6 is 50.7 Å². The topological polar surface area (TPSA) is 40.5 Å². The second kappa shape index (κ2) is 5.06. The second-order valence-corrected chi connectivity index (χ2v) is 4.29. The lowest BCUT2D eigenvalue weighted by molar-refractivity contribution is 0.425. The predicted molar refractivity (Wildman–Crippen MR) is 63.9 cm³/mol. The summed E-state index contributed by atoms with van der Waals surface area (Å²) in [6.45, 7) is 0. The van der Waals surface area contributed by atoms with Gasteiger partial charge in [0.15, 0.2) is 0 Å². The lowest BCUT2D eigenvalue weighted by Crippen LogP contribution is -2.33. The molecule has 0 aliphatic heterocycles. The number of halogens is 4. The average molecular weight is 318 g/mol. The second-order valence-electron chi connectivity index (χ2n) is 2.56. The summed E-state index contributed by atoms with van der Waals surface area (Å²) in [4.78, 5) is 0. The summed E-state index contributed by atoms with van der Waals surface area (Å²) >= 11 is 20.6. The van der Waals surface area contributed by atoms with Crippen molar-refractivity contribution in [2.45, 2.75) is 5.33 Å². The first kappa shape index (κ1) is 12.6. The molecule has 2 N–H and O–H groups in total. The molecule has 0 heterocycles. The van der Waals surface area contributed by atoms with Gasteiger partial charge < -0.3 is 10.0 Å². The van der Waals surface area contributed by atoms with Crippen molar-refractivity contribution in [2.75, 3.05) is 0 Å². The van der Waals surface area contributed by atoms with Crippen LogP contribution in [-0.2, 0) is 5.33 Å². The highest BCUT2D eigenvalue weighted by Gasteiger charge is 2.21. The van der Waals surface area contributed by atoms with Gasteiger partial charge in [-0.2, -0.15) is 0 Å². The molecule has 0 atom stereocenters. The SMILES string of the molecule is OB(O)c1cc(Cl)c(Cl)c(Cl)c1CBr. The molecule has 76 valence electrons. The molecular formula is C7H5BBrCl3O2. The lowest BCUT2D eigenvalue weighted by Gasteiger charge is -2.11. The molecule has 2 nitrogen and oxygen atoms in total. The van der Waals surface area contributed by atoms with Crippen LogP contribution in [0.25, 0.3) is 0 Å². The molecule has 0 radical (unpaired) electrons. The zero-order valence-electron chi connectivity index (χ0n) is 6.77. The van der Waals surface area contributed by atoms with Gasteiger partial charge in [-0.3, -0.25) is 0 Å². The van der Waals surface area contributed by atoms with Gasteiger partial charge in [-0.1, -0.05) is 50.7 Å². The minimum absolute atomic E-state index is 0.199. The molecule has 7 heteroatoms. The van der Waals surface area contributed by atoms with E-state index in [2.05, 4.69) is 15.9 Å². The molecule has 0 fully saturated rings. The van der Waals surface area contributed by atoms with Gasteiger partial charge in [0.1, 0.15) is 0 Å². The molecule has 0 saturated carbocycles. The number of benzene rings is 1. The summed E-state index contributed by atoms with van der Waals surface area (Å²) in [5.41, 5.74) is 0.775. The fourth-order valence-electron chi connectivity index (χ4n) is 1.02. The van der Waals surface area contributed by atoms with Crippen LogP contribution in [0, 0.1) is 0 Å². The van der Waals surface area contributed by atoms with Gasteiger partial charge in [0.05, 0.1) is 15.1 Å². The third kappa shape index (κ3) is 2.38. The third-order valence-corrected chi connectivity index (χ3v) is 3.57. The summed E-state index contributed by atoms with van der Waals surface area (Å²) in [5, 5.41) is 19.1. The largest absolute Gasteiger partial charge is 0.488 e. The molecule has 0 unspecified atom stereocenters. The Kier molecular flexibility index (Phi) is 4.56. The van der Waals surface area contributed by atoms with Crippen LogP contribution in [0.15, 0.2) is 6.07 Å². The molecule has 1 aromatic carbocycles. The number of hydrogen-bond donors (Lipinski definition) is 2. The highest BCUT2D eigenvalue weighted by molar-refractivity contribution is 9.08. The Morgan fingerprint density at radius 2 is 1.79 bits per heavy atom. The quantitative estimate of drug-likeness (QED) is 0.499. The van der Waals surface area contributed by atoms with Crippen LogP contribution in [0.5, 0.6) is 0 Å². The molecule has 0 aromatic heterocycles. The van der Waals surface area contributed by atoms with Crippen molar-refractivity contribution in [3.05, 3.63) is 26.7 Å². The molecule has 0 bridgehead atoms. The van der Waals surface area contributed by atoms with Crippen LogP contribution in [-0.4, -0.2) is 17.2 Å². The summed E-state index contributed by atoms with van der Waals surface area (Å²) in [6.07, 6.45) is 0. The Morgan fingerprint density at radius 1 is 1.21 bits per heavy atom. The standard InChI is InChI=1S/C7H5BBrCl3O2/c9-2-3-4(8(13)14)1-5(10)7(12)6(3)11/h1,13-14H,2H2. The van der Waals surface area contributed by atoms with Gasteiger partial charge in [0, 0.05) is 5.33 Å². The van der Waals surface area contributed by atoms with Gasteiger partial charge in [-0.25, -0.2) is 0 Å². The van der Waals surface area contributed by atoms with Crippen molar-refractivity contribution in [1.29, 1.82) is 0 Å². The van der Waals surface area contributed by atoms with E-state index in [1.807, 2.05) is 0 Å². The predicted octanol–water partition coefficient (Wildman–Crippen LogP) is 2.22. The van der Waals surface area contributed by atoms with Crippen molar-refractivity contribution in [3.63, 3.8) is 0 Å². The molecule has 1 aromatic rings. The maximum Gasteiger partial charge on any atom is 0.488 e. The summed E-state index contributed by atoms with van der Waals surface area (Å²) in [6, 6.07) is 1.39. The number of hydrogen-bond acceptors (Lipinski definition) is 2. The monoisotopic (exact) mass is 316 g/mol. The Hall–Kier alpha value is 0.555. The van der Waals surface area contributed by atoms with Crippen molar-refractivity contribution in [3.8, 4) is 0 Å². The van der Waals surface area contributed by atoms with Crippen molar-refractivity contribution in [1.82, 2.24) is 0 Å². The zero-order chi connectivity index (χ0) is 10.9. The normalized spacial score (nSPS) is 10.4. The van der Waals surface area contributed by atoms with E-state index in [4.69, 9.17) is 44.9 Å². The molecular weight excluding hydrogens is 313 g/mol. The van der Waals surface area contributed by atoms with Gasteiger partial charge in [0.25, 0.3) is 0 Å². The highest BCUT2D eigenvalue weighted by Crippen LogP contribution is 2.32. The van der Waals surface area contributed by atoms with E-state index >= 15 is 0 Å². The van der Waals surface area contributed by atoms with E-state index in [0.29, 0.717) is 10.9 Å². The average Bonchev–Trinajstić information content (AvgIpc) is 2.13. The van der Waals surface area contributed by atoms with Crippen LogP contribution in [0.1, 0.15) is 5.56 Å². The smallest absolute Gasteiger partial charge is 0.423 e. The number of alkyl halides is 1. The third-order valence-electron chi connectivity index (χ3n) is 1.71. The van der Waals surface area contributed by atoms with E-state index in [-0.39, 0.29) is 20.5 Å².